The van der Waals surface area contributed by atoms with Crippen molar-refractivity contribution in [2.45, 2.75) is 51.8 Å². The predicted octanol–water partition coefficient (Wildman–Crippen LogP) is 5.76. The number of Topliss-reactive ketones (excluding diaryl/α,β-unsaturated/α-hetero) is 1. The number of ketones is 1. The van der Waals surface area contributed by atoms with Crippen LogP contribution in [0.25, 0.3) is 5.76 Å². The molecular formula is C30H29NO4. The smallest absolute Gasteiger partial charge is 0.295 e. The average molecular weight is 468 g/mol. The molecule has 5 rings (SSSR count). The van der Waals surface area contributed by atoms with Gasteiger partial charge >= 0.3 is 0 Å². The monoisotopic (exact) mass is 467 g/mol. The van der Waals surface area contributed by atoms with Crippen molar-refractivity contribution in [2.75, 3.05) is 0 Å². The Balaban J connectivity index is 1.62. The van der Waals surface area contributed by atoms with Gasteiger partial charge in [-0.25, -0.2) is 0 Å². The fourth-order valence-corrected chi connectivity index (χ4v) is 4.96. The largest absolute Gasteiger partial charge is 0.507 e. The van der Waals surface area contributed by atoms with Crippen molar-refractivity contribution < 1.29 is 19.4 Å². The first-order valence-electron chi connectivity index (χ1n) is 12.1. The van der Waals surface area contributed by atoms with Gasteiger partial charge in [0.2, 0.25) is 0 Å². The summed E-state index contributed by atoms with van der Waals surface area (Å²) in [5.74, 6) is -0.276. The Kier molecular flexibility index (Phi) is 5.93. The number of likely N-dealkylation sites (tertiary alicyclic amines) is 1. The van der Waals surface area contributed by atoms with Crippen LogP contribution in [0, 0.1) is 0 Å². The lowest BCUT2D eigenvalue weighted by atomic mass is 9.92. The van der Waals surface area contributed by atoms with Crippen molar-refractivity contribution in [3.05, 3.63) is 106 Å². The van der Waals surface area contributed by atoms with Gasteiger partial charge in [-0.1, -0.05) is 68.4 Å². The van der Waals surface area contributed by atoms with Crippen molar-refractivity contribution in [2.24, 2.45) is 0 Å². The average Bonchev–Trinajstić information content (AvgIpc) is 3.35. The third-order valence-corrected chi connectivity index (χ3v) is 6.82. The minimum atomic E-state index is -0.681. The molecular weight excluding hydrogens is 438 g/mol. The Morgan fingerprint density at radius 2 is 1.74 bits per heavy atom. The van der Waals surface area contributed by atoms with Crippen LogP contribution in [0.1, 0.15) is 60.5 Å². The minimum absolute atomic E-state index is 0.0679. The summed E-state index contributed by atoms with van der Waals surface area (Å²) >= 11 is 0. The highest BCUT2D eigenvalue weighted by atomic mass is 16.5. The SMILES string of the molecule is CC(C)c1ccc([C@@H]2C(=C(O)c3ccc4c(c3)C[C@@H](C)O4)C(=O)C(=O)N2Cc2ccccc2)cc1. The van der Waals surface area contributed by atoms with Crippen LogP contribution in [-0.4, -0.2) is 27.8 Å². The lowest BCUT2D eigenvalue weighted by Gasteiger charge is -2.26. The number of fused-ring (bicyclic) bond motifs is 1. The van der Waals surface area contributed by atoms with Crippen molar-refractivity contribution in [1.82, 2.24) is 4.90 Å². The second kappa shape index (κ2) is 9.06. The van der Waals surface area contributed by atoms with Crippen LogP contribution in [0.5, 0.6) is 5.75 Å². The molecule has 1 saturated heterocycles. The number of hydrogen-bond acceptors (Lipinski definition) is 4. The number of carbonyl (C=O) groups excluding carboxylic acids is 2. The van der Waals surface area contributed by atoms with Crippen LogP contribution in [0.15, 0.2) is 78.4 Å². The maximum Gasteiger partial charge on any atom is 0.295 e. The zero-order chi connectivity index (χ0) is 24.7. The molecule has 0 radical (unpaired) electrons. The fraction of sp³-hybridized carbons (Fsp3) is 0.267. The van der Waals surface area contributed by atoms with Crippen molar-refractivity contribution >= 4 is 17.4 Å². The van der Waals surface area contributed by atoms with Gasteiger partial charge < -0.3 is 14.7 Å². The van der Waals surface area contributed by atoms with Crippen LogP contribution in [0.4, 0.5) is 0 Å². The van der Waals surface area contributed by atoms with E-state index in [1.807, 2.05) is 73.7 Å². The summed E-state index contributed by atoms with van der Waals surface area (Å²) in [6.07, 6.45) is 0.803. The van der Waals surface area contributed by atoms with E-state index < -0.39 is 17.7 Å². The van der Waals surface area contributed by atoms with E-state index in [0.29, 0.717) is 11.5 Å². The maximum absolute atomic E-state index is 13.3. The number of ether oxygens (including phenoxy) is 1. The molecule has 178 valence electrons. The molecule has 2 aliphatic rings. The van der Waals surface area contributed by atoms with E-state index in [1.54, 1.807) is 11.0 Å². The molecule has 2 atom stereocenters. The molecule has 0 saturated carbocycles. The number of aliphatic hydroxyl groups is 1. The van der Waals surface area contributed by atoms with Gasteiger partial charge in [0.15, 0.2) is 0 Å². The molecule has 1 fully saturated rings. The third-order valence-electron chi connectivity index (χ3n) is 6.82. The van der Waals surface area contributed by atoms with Gasteiger partial charge in [-0.2, -0.15) is 0 Å². The number of aliphatic hydroxyl groups excluding tert-OH is 1. The molecule has 0 unspecified atom stereocenters. The summed E-state index contributed by atoms with van der Waals surface area (Å²) in [5.41, 5.74) is 4.50. The molecule has 2 heterocycles. The summed E-state index contributed by atoms with van der Waals surface area (Å²) in [6, 6.07) is 22.3. The number of nitrogens with zero attached hydrogens (tertiary/aromatic N) is 1. The summed E-state index contributed by atoms with van der Waals surface area (Å²) in [5, 5.41) is 11.4. The fourth-order valence-electron chi connectivity index (χ4n) is 4.96. The highest BCUT2D eigenvalue weighted by molar-refractivity contribution is 6.46. The molecule has 0 aliphatic carbocycles. The molecule has 0 spiro atoms. The molecule has 3 aromatic rings. The Labute approximate surface area is 205 Å². The first-order chi connectivity index (χ1) is 16.8. The lowest BCUT2D eigenvalue weighted by molar-refractivity contribution is -0.140. The summed E-state index contributed by atoms with van der Waals surface area (Å²) in [7, 11) is 0. The first-order valence-corrected chi connectivity index (χ1v) is 12.1. The Hall–Kier alpha value is -3.86. The molecule has 5 nitrogen and oxygen atoms in total. The van der Waals surface area contributed by atoms with E-state index in [9.17, 15) is 14.7 Å². The summed E-state index contributed by atoms with van der Waals surface area (Å²) in [4.78, 5) is 28.1. The molecule has 1 amide bonds. The zero-order valence-electron chi connectivity index (χ0n) is 20.2. The Morgan fingerprint density at radius 1 is 1.03 bits per heavy atom. The van der Waals surface area contributed by atoms with Gasteiger partial charge in [0, 0.05) is 18.5 Å². The van der Waals surface area contributed by atoms with Crippen molar-refractivity contribution in [3.63, 3.8) is 0 Å². The topological polar surface area (TPSA) is 66.8 Å². The second-order valence-electron chi connectivity index (χ2n) is 9.69. The Morgan fingerprint density at radius 3 is 2.43 bits per heavy atom. The van der Waals surface area contributed by atoms with Crippen LogP contribution < -0.4 is 4.74 Å². The quantitative estimate of drug-likeness (QED) is 0.295. The van der Waals surface area contributed by atoms with Crippen LogP contribution in [0.3, 0.4) is 0 Å². The minimum Gasteiger partial charge on any atom is -0.507 e. The lowest BCUT2D eigenvalue weighted by Crippen LogP contribution is -2.29. The van der Waals surface area contributed by atoms with Crippen molar-refractivity contribution in [1.29, 1.82) is 0 Å². The van der Waals surface area contributed by atoms with E-state index in [4.69, 9.17) is 4.74 Å². The molecule has 5 heteroatoms. The normalized spacial score (nSPS) is 20.9. The van der Waals surface area contributed by atoms with Crippen LogP contribution in [0.2, 0.25) is 0 Å². The summed E-state index contributed by atoms with van der Waals surface area (Å²) < 4.78 is 5.78. The Bertz CT molecular complexity index is 1310. The van der Waals surface area contributed by atoms with Gasteiger partial charge in [-0.15, -0.1) is 0 Å². The number of benzene rings is 3. The number of carbonyl (C=O) groups is 2. The first kappa shape index (κ1) is 22.9. The van der Waals surface area contributed by atoms with E-state index in [-0.39, 0.29) is 24.0 Å². The molecule has 35 heavy (non-hydrogen) atoms. The third kappa shape index (κ3) is 4.23. The number of amides is 1. The van der Waals surface area contributed by atoms with Gasteiger partial charge in [0.1, 0.15) is 17.6 Å². The molecule has 2 aliphatic heterocycles. The summed E-state index contributed by atoms with van der Waals surface area (Å²) in [6.45, 7) is 6.51. The van der Waals surface area contributed by atoms with E-state index in [2.05, 4.69) is 13.8 Å². The van der Waals surface area contributed by atoms with Crippen LogP contribution >= 0.6 is 0 Å². The standard InChI is InChI=1S/C30H29NO4/c1-18(2)21-9-11-22(12-10-21)27-26(28(32)23-13-14-25-24(16-23)15-19(3)35-25)29(33)30(34)31(27)17-20-7-5-4-6-8-20/h4-14,16,18-19,27,32H,15,17H2,1-3H3/t19-,27-/m1/s1. The number of rotatable bonds is 5. The van der Waals surface area contributed by atoms with Crippen LogP contribution in [-0.2, 0) is 22.6 Å². The molecule has 3 aromatic carbocycles. The second-order valence-corrected chi connectivity index (χ2v) is 9.69. The van der Waals surface area contributed by atoms with Gasteiger partial charge in [-0.05, 0) is 53.3 Å². The van der Waals surface area contributed by atoms with Gasteiger partial charge in [0.05, 0.1) is 11.6 Å². The molecule has 1 N–H and O–H groups in total. The zero-order valence-corrected chi connectivity index (χ0v) is 20.2. The highest BCUT2D eigenvalue weighted by Crippen LogP contribution is 2.41. The van der Waals surface area contributed by atoms with Crippen molar-refractivity contribution in [3.8, 4) is 5.75 Å². The maximum atomic E-state index is 13.3. The van der Waals surface area contributed by atoms with E-state index >= 15 is 0 Å². The van der Waals surface area contributed by atoms with Gasteiger partial charge in [-0.3, -0.25) is 9.59 Å². The van der Waals surface area contributed by atoms with E-state index in [1.165, 1.54) is 5.56 Å². The van der Waals surface area contributed by atoms with Gasteiger partial charge in [0.25, 0.3) is 11.7 Å². The predicted molar refractivity (Wildman–Crippen MR) is 135 cm³/mol. The number of hydrogen-bond donors (Lipinski definition) is 1. The highest BCUT2D eigenvalue weighted by Gasteiger charge is 2.46. The van der Waals surface area contributed by atoms with E-state index in [0.717, 1.165) is 28.9 Å². The molecule has 0 bridgehead atoms. The molecule has 0 aromatic heterocycles.